The van der Waals surface area contributed by atoms with E-state index in [4.69, 9.17) is 42.4 Å². The average molecular weight is 1970 g/mol. The van der Waals surface area contributed by atoms with Crippen LogP contribution >= 0.6 is 7.82 Å². The molecule has 0 spiro atoms. The lowest BCUT2D eigenvalue weighted by Crippen LogP contribution is -2.64. The highest BCUT2D eigenvalue weighted by Crippen LogP contribution is 2.42. The lowest BCUT2D eigenvalue weighted by Gasteiger charge is -2.42. The third-order valence-electron chi connectivity index (χ3n) is 23.6. The van der Waals surface area contributed by atoms with Crippen molar-refractivity contribution in [3.8, 4) is 0 Å². The summed E-state index contributed by atoms with van der Waals surface area (Å²) in [5, 5.41) is 151. The van der Waals surface area contributed by atoms with Crippen molar-refractivity contribution in [1.29, 1.82) is 0 Å². The third-order valence-corrected chi connectivity index (χ3v) is 24.6. The summed E-state index contributed by atoms with van der Waals surface area (Å²) >= 11 is 0. The van der Waals surface area contributed by atoms with Crippen molar-refractivity contribution in [1.82, 2.24) is 57.7 Å². The molecule has 1 saturated carbocycles. The number of hydrogen-bond donors (Lipinski definition) is 23. The Morgan fingerprint density at radius 1 is 0.353 bits per heavy atom. The fourth-order valence-electron chi connectivity index (χ4n) is 16.1. The first kappa shape index (κ1) is 117. The standard InChI is InChI=1S/C87H147N12O36P/c1-51(104)93-68-76(116)72(112)60(47-100)132-84(68)127-35-21-11-6-16-30-88-64(108)43-98(44-65(109)89-31-17-7-12-22-36-128-85-69(94-52(2)105)77(117)73(113)61(48-101)133-85)82(122)57-40-58(42-59(41-57)97-81(121)56-28-26-55(27-29-56)80(120)92-34-20-10-15-25-39-131-136(124,125)126-5)83(123)99(45-66(110)90-32-18-8-13-23-37-129-86-70(95-53(3)106)78(118)74(114)62(49-102)134-86)46-67(111)91-33-19-9-14-24-38-130-87-71(96-54(4)107)79(119)75(115)63(50-103)135-87/h40-42,55-56,60-63,68-79,84-87,100-103,112-119H,6-39,43-50H2,1-5H3,(H,88,108)(H,89,109)(H,90,110)(H,91,111)(H,92,120)(H,93,104)(H,94,105)(H,95,106)(H,96,107)(H,97,121)(H,124,125). The Hall–Kier alpha value is -7.83. The summed E-state index contributed by atoms with van der Waals surface area (Å²) < 4.78 is 66.9. The minimum atomic E-state index is -4.11. The van der Waals surface area contributed by atoms with E-state index in [2.05, 4.69) is 57.7 Å². The van der Waals surface area contributed by atoms with Gasteiger partial charge in [-0.3, -0.25) is 66.6 Å². The predicted molar refractivity (Wildman–Crippen MR) is 478 cm³/mol. The van der Waals surface area contributed by atoms with E-state index in [-0.39, 0.29) is 94.8 Å². The molecule has 1 aromatic carbocycles. The second-order valence-corrected chi connectivity index (χ2v) is 36.2. The Labute approximate surface area is 790 Å². The van der Waals surface area contributed by atoms with Gasteiger partial charge in [-0.25, -0.2) is 4.57 Å². The first-order valence-corrected chi connectivity index (χ1v) is 48.4. The van der Waals surface area contributed by atoms with Gasteiger partial charge in [-0.2, -0.15) is 0 Å². The summed E-state index contributed by atoms with van der Waals surface area (Å²) in [6.07, 6.45) is -11.2. The highest BCUT2D eigenvalue weighted by Gasteiger charge is 2.50. The number of phosphoric ester groups is 1. The second-order valence-electron chi connectivity index (χ2n) is 34.6. The molecule has 0 radical (unpaired) electrons. The molecule has 4 saturated heterocycles. The van der Waals surface area contributed by atoms with Gasteiger partial charge in [0.1, 0.15) is 124 Å². The average Bonchev–Trinajstić information content (AvgIpc) is 0.817. The number of anilines is 1. The Balaban J connectivity index is 1.23. The molecule has 4 heterocycles. The van der Waals surface area contributed by atoms with Gasteiger partial charge >= 0.3 is 7.82 Å². The number of aliphatic hydroxyl groups excluding tert-OH is 12. The molecular weight excluding hydrogens is 1820 g/mol. The molecule has 21 atom stereocenters. The maximum atomic E-state index is 15.5. The van der Waals surface area contributed by atoms with E-state index in [9.17, 15) is 119 Å². The van der Waals surface area contributed by atoms with Crippen molar-refractivity contribution >= 4 is 84.4 Å². The molecule has 12 amide bonds. The summed E-state index contributed by atoms with van der Waals surface area (Å²) in [5.41, 5.74) is -0.868. The molecular formula is C87H147N12O36P. The van der Waals surface area contributed by atoms with Crippen molar-refractivity contribution in [3.05, 3.63) is 29.3 Å². The smallest absolute Gasteiger partial charge is 0.394 e. The van der Waals surface area contributed by atoms with Crippen molar-refractivity contribution in [2.45, 2.75) is 304 Å². The SMILES string of the molecule is COP(=O)(O)OCCCCCCNC(=O)C1CCC(C(=O)Nc2cc(C(=O)N(CC(=O)NCCCCCCOC3OC(CO)C(O)C(O)C3NC(C)=O)CC(=O)NCCCCCCOC3OC(CO)C(O)C(O)C3NC(C)=O)cc(C(=O)N(CC(=O)NCCCCCCOC3OC(CO)C(O)C(O)C3NC(C)=O)CC(=O)NCCCCCCOC3OC(CO)C(O)C(O)C3NC(C)=O)c2)CC1. The number of aliphatic hydroxyl groups is 12. The van der Waals surface area contributed by atoms with Gasteiger partial charge in [-0.05, 0) is 108 Å². The first-order chi connectivity index (χ1) is 64.9. The summed E-state index contributed by atoms with van der Waals surface area (Å²) in [7, 11) is -3.05. The molecule has 4 aliphatic heterocycles. The molecule has 1 aromatic rings. The van der Waals surface area contributed by atoms with Crippen LogP contribution in [-0.2, 0) is 99.5 Å². The third kappa shape index (κ3) is 40.4. The molecule has 136 heavy (non-hydrogen) atoms. The van der Waals surface area contributed by atoms with Gasteiger partial charge in [0, 0.05) is 123 Å². The Bertz CT molecular complexity index is 3550. The number of carbonyl (C=O) groups excluding carboxylic acids is 12. The maximum Gasteiger partial charge on any atom is 0.471 e. The van der Waals surface area contributed by atoms with Crippen molar-refractivity contribution in [2.75, 3.05) is 131 Å². The van der Waals surface area contributed by atoms with Gasteiger partial charge in [-0.15, -0.1) is 0 Å². The molecule has 21 unspecified atom stereocenters. The second kappa shape index (κ2) is 62.4. The highest BCUT2D eigenvalue weighted by molar-refractivity contribution is 7.47. The van der Waals surface area contributed by atoms with Gasteiger partial charge in [0.05, 0.1) is 33.0 Å². The number of hydrogen-bond acceptors (Lipinski definition) is 35. The number of ether oxygens (including phenoxy) is 8. The van der Waals surface area contributed by atoms with Crippen LogP contribution in [0.15, 0.2) is 18.2 Å². The molecule has 5 aliphatic rings. The van der Waals surface area contributed by atoms with Crippen LogP contribution in [0.5, 0.6) is 0 Å². The van der Waals surface area contributed by atoms with E-state index >= 15 is 9.59 Å². The zero-order valence-electron chi connectivity index (χ0n) is 78.2. The van der Waals surface area contributed by atoms with E-state index in [0.717, 1.165) is 23.0 Å². The van der Waals surface area contributed by atoms with Crippen LogP contribution < -0.4 is 53.2 Å². The number of carbonyl (C=O) groups is 12. The zero-order valence-corrected chi connectivity index (χ0v) is 79.1. The number of phosphoric acid groups is 1. The highest BCUT2D eigenvalue weighted by atomic mass is 31.2. The predicted octanol–water partition coefficient (Wildman–Crippen LogP) is -4.70. The van der Waals surface area contributed by atoms with Crippen LogP contribution in [-0.4, -0.2) is 395 Å². The number of nitrogens with zero attached hydrogens (tertiary/aromatic N) is 2. The molecule has 6 rings (SSSR count). The molecule has 49 heteroatoms. The Kier molecular flexibility index (Phi) is 53.6. The van der Waals surface area contributed by atoms with Crippen LogP contribution in [0.4, 0.5) is 5.69 Å². The van der Waals surface area contributed by atoms with Gasteiger partial charge in [-0.1, -0.05) is 64.2 Å². The topological polar surface area (TPSA) is 704 Å². The molecule has 0 aromatic heterocycles. The quantitative estimate of drug-likeness (QED) is 0.0215. The maximum absolute atomic E-state index is 15.5. The lowest BCUT2D eigenvalue weighted by molar-refractivity contribution is -0.270. The van der Waals surface area contributed by atoms with Crippen LogP contribution in [0.25, 0.3) is 0 Å². The van der Waals surface area contributed by atoms with Crippen molar-refractivity contribution in [2.24, 2.45) is 11.8 Å². The van der Waals surface area contributed by atoms with Gasteiger partial charge in [0.25, 0.3) is 11.8 Å². The minimum absolute atomic E-state index is 0.00103. The van der Waals surface area contributed by atoms with Crippen LogP contribution in [0.2, 0.25) is 0 Å². The zero-order chi connectivity index (χ0) is 100.0. The van der Waals surface area contributed by atoms with E-state index < -0.39 is 260 Å². The molecule has 23 N–H and O–H groups in total. The van der Waals surface area contributed by atoms with E-state index in [1.165, 1.54) is 39.8 Å². The Morgan fingerprint density at radius 3 is 0.860 bits per heavy atom. The van der Waals surface area contributed by atoms with Crippen molar-refractivity contribution < 1.29 is 175 Å². The molecule has 48 nitrogen and oxygen atoms in total. The number of rotatable bonds is 62. The summed E-state index contributed by atoms with van der Waals surface area (Å²) in [5.74, 6) is -9.11. The van der Waals surface area contributed by atoms with Gasteiger partial charge in [0.2, 0.25) is 59.1 Å². The first-order valence-electron chi connectivity index (χ1n) is 46.9. The molecule has 776 valence electrons. The number of unbranched alkanes of at least 4 members (excludes halogenated alkanes) is 15. The number of nitrogens with one attached hydrogen (secondary N) is 10. The van der Waals surface area contributed by atoms with Crippen LogP contribution in [0.3, 0.4) is 0 Å². The number of amides is 12. The lowest BCUT2D eigenvalue weighted by atomic mass is 9.81. The van der Waals surface area contributed by atoms with Gasteiger partial charge < -0.3 is 167 Å². The van der Waals surface area contributed by atoms with Gasteiger partial charge in [0.15, 0.2) is 25.2 Å². The van der Waals surface area contributed by atoms with Crippen molar-refractivity contribution in [3.63, 3.8) is 0 Å². The summed E-state index contributed by atoms with van der Waals surface area (Å²) in [6, 6.07) is -1.08. The number of benzene rings is 1. The fourth-order valence-corrected chi connectivity index (χ4v) is 16.6. The van der Waals surface area contributed by atoms with E-state index in [1.54, 1.807) is 0 Å². The largest absolute Gasteiger partial charge is 0.471 e. The minimum Gasteiger partial charge on any atom is -0.394 e. The molecule has 0 bridgehead atoms. The van der Waals surface area contributed by atoms with Crippen LogP contribution in [0.1, 0.15) is 203 Å². The van der Waals surface area contributed by atoms with Crippen LogP contribution in [0, 0.1) is 11.8 Å². The Morgan fingerprint density at radius 2 is 0.603 bits per heavy atom. The van der Waals surface area contributed by atoms with E-state index in [1.807, 2.05) is 0 Å². The summed E-state index contributed by atoms with van der Waals surface area (Å²) in [6.45, 7) is -0.0659. The monoisotopic (exact) mass is 1970 g/mol. The normalized spacial score (nSPS) is 27.1. The summed E-state index contributed by atoms with van der Waals surface area (Å²) in [4.78, 5) is 175. The van der Waals surface area contributed by atoms with E-state index in [0.29, 0.717) is 148 Å². The molecule has 1 aliphatic carbocycles. The fraction of sp³-hybridized carbons (Fsp3) is 0.793. The molecule has 5 fully saturated rings.